The van der Waals surface area contributed by atoms with Gasteiger partial charge in [0.2, 0.25) is 5.91 Å². The summed E-state index contributed by atoms with van der Waals surface area (Å²) in [6.07, 6.45) is 1.86. The van der Waals surface area contributed by atoms with Gasteiger partial charge in [-0.05, 0) is 37.5 Å². The molecule has 1 unspecified atom stereocenters. The number of benzene rings is 1. The molecule has 1 amide bonds. The van der Waals surface area contributed by atoms with Crippen LogP contribution in [-0.4, -0.2) is 29.9 Å². The van der Waals surface area contributed by atoms with Crippen LogP contribution in [0, 0.1) is 5.82 Å². The lowest BCUT2D eigenvalue weighted by molar-refractivity contribution is -0.129. The second kappa shape index (κ2) is 6.55. The van der Waals surface area contributed by atoms with E-state index in [9.17, 15) is 9.18 Å². The molecule has 1 aliphatic rings. The number of hydrogen-bond donors (Lipinski definition) is 1. The minimum Gasteiger partial charge on any atom is -0.343 e. The predicted octanol–water partition coefficient (Wildman–Crippen LogP) is 3.14. The summed E-state index contributed by atoms with van der Waals surface area (Å²) in [7, 11) is 0. The first-order valence-corrected chi connectivity index (χ1v) is 7.31. The number of carbonyl (C=O) groups excluding carboxylic acids is 1. The SMILES string of the molecule is CC(=O)N1CCC(NC(C)c2ccc(Cl)c(F)c2)CC1. The van der Waals surface area contributed by atoms with Crippen molar-refractivity contribution in [2.45, 2.75) is 38.8 Å². The second-order valence-corrected chi connectivity index (χ2v) is 5.75. The number of piperidine rings is 1. The van der Waals surface area contributed by atoms with E-state index in [0.29, 0.717) is 6.04 Å². The Morgan fingerprint density at radius 2 is 2.10 bits per heavy atom. The fourth-order valence-corrected chi connectivity index (χ4v) is 2.71. The van der Waals surface area contributed by atoms with Crippen LogP contribution in [0.5, 0.6) is 0 Å². The quantitative estimate of drug-likeness (QED) is 0.930. The van der Waals surface area contributed by atoms with Gasteiger partial charge in [0, 0.05) is 32.1 Å². The third-order valence-electron chi connectivity index (χ3n) is 3.87. The van der Waals surface area contributed by atoms with Crippen molar-refractivity contribution in [2.75, 3.05) is 13.1 Å². The molecular formula is C15H20ClFN2O. The fourth-order valence-electron chi connectivity index (χ4n) is 2.59. The van der Waals surface area contributed by atoms with Crippen molar-refractivity contribution >= 4 is 17.5 Å². The zero-order chi connectivity index (χ0) is 14.7. The minimum absolute atomic E-state index is 0.0654. The van der Waals surface area contributed by atoms with Crippen LogP contribution < -0.4 is 5.32 Å². The van der Waals surface area contributed by atoms with Crippen molar-refractivity contribution in [2.24, 2.45) is 0 Å². The van der Waals surface area contributed by atoms with Crippen molar-refractivity contribution in [3.63, 3.8) is 0 Å². The zero-order valence-corrected chi connectivity index (χ0v) is 12.6. The van der Waals surface area contributed by atoms with Gasteiger partial charge < -0.3 is 10.2 Å². The summed E-state index contributed by atoms with van der Waals surface area (Å²) in [5.74, 6) is -0.250. The normalized spacial score (nSPS) is 18.1. The van der Waals surface area contributed by atoms with Gasteiger partial charge in [-0.2, -0.15) is 0 Å². The maximum Gasteiger partial charge on any atom is 0.219 e. The van der Waals surface area contributed by atoms with Crippen molar-refractivity contribution in [1.29, 1.82) is 0 Å². The van der Waals surface area contributed by atoms with Gasteiger partial charge >= 0.3 is 0 Å². The van der Waals surface area contributed by atoms with Gasteiger partial charge in [-0.3, -0.25) is 4.79 Å². The molecule has 2 rings (SSSR count). The summed E-state index contributed by atoms with van der Waals surface area (Å²) in [5, 5.41) is 3.64. The summed E-state index contributed by atoms with van der Waals surface area (Å²) in [4.78, 5) is 13.1. The molecule has 0 saturated carbocycles. The Balaban J connectivity index is 1.90. The average Bonchev–Trinajstić information content (AvgIpc) is 2.42. The highest BCUT2D eigenvalue weighted by Crippen LogP contribution is 2.22. The van der Waals surface area contributed by atoms with Crippen LogP contribution in [-0.2, 0) is 4.79 Å². The van der Waals surface area contributed by atoms with E-state index in [1.807, 2.05) is 17.9 Å². The molecule has 1 atom stereocenters. The molecule has 0 radical (unpaired) electrons. The van der Waals surface area contributed by atoms with E-state index in [0.717, 1.165) is 31.5 Å². The van der Waals surface area contributed by atoms with Crippen LogP contribution in [0.4, 0.5) is 4.39 Å². The number of likely N-dealkylation sites (tertiary alicyclic amines) is 1. The smallest absolute Gasteiger partial charge is 0.219 e. The molecule has 1 saturated heterocycles. The van der Waals surface area contributed by atoms with Crippen molar-refractivity contribution in [3.8, 4) is 0 Å². The van der Waals surface area contributed by atoms with Gasteiger partial charge in [0.15, 0.2) is 0 Å². The fraction of sp³-hybridized carbons (Fsp3) is 0.533. The minimum atomic E-state index is -0.385. The highest BCUT2D eigenvalue weighted by Gasteiger charge is 2.22. The van der Waals surface area contributed by atoms with E-state index < -0.39 is 0 Å². The summed E-state index contributed by atoms with van der Waals surface area (Å²) in [6.45, 7) is 5.19. The van der Waals surface area contributed by atoms with Crippen LogP contribution in [0.15, 0.2) is 18.2 Å². The second-order valence-electron chi connectivity index (χ2n) is 5.34. The number of rotatable bonds is 3. The summed E-state index contributed by atoms with van der Waals surface area (Å²) < 4.78 is 13.5. The van der Waals surface area contributed by atoms with Crippen LogP contribution in [0.1, 0.15) is 38.3 Å². The molecule has 5 heteroatoms. The molecule has 0 bridgehead atoms. The first-order chi connectivity index (χ1) is 9.47. The van der Waals surface area contributed by atoms with Crippen LogP contribution >= 0.6 is 11.6 Å². The highest BCUT2D eigenvalue weighted by atomic mass is 35.5. The molecule has 1 fully saturated rings. The Labute approximate surface area is 124 Å². The number of halogens is 2. The molecule has 3 nitrogen and oxygen atoms in total. The molecule has 1 N–H and O–H groups in total. The van der Waals surface area contributed by atoms with E-state index in [1.165, 1.54) is 6.07 Å². The van der Waals surface area contributed by atoms with Crippen LogP contribution in [0.2, 0.25) is 5.02 Å². The number of carbonyl (C=O) groups is 1. The molecule has 20 heavy (non-hydrogen) atoms. The van der Waals surface area contributed by atoms with Gasteiger partial charge in [0.05, 0.1) is 5.02 Å². The Hall–Kier alpha value is -1.13. The van der Waals surface area contributed by atoms with E-state index in [4.69, 9.17) is 11.6 Å². The van der Waals surface area contributed by atoms with Crippen LogP contribution in [0.25, 0.3) is 0 Å². The number of hydrogen-bond acceptors (Lipinski definition) is 2. The van der Waals surface area contributed by atoms with Crippen molar-refractivity contribution < 1.29 is 9.18 Å². The highest BCUT2D eigenvalue weighted by molar-refractivity contribution is 6.30. The third kappa shape index (κ3) is 3.70. The molecule has 1 aromatic rings. The Morgan fingerprint density at radius 3 is 2.65 bits per heavy atom. The van der Waals surface area contributed by atoms with Gasteiger partial charge in [-0.15, -0.1) is 0 Å². The molecule has 1 aromatic carbocycles. The van der Waals surface area contributed by atoms with Gasteiger partial charge in [0.1, 0.15) is 5.82 Å². The van der Waals surface area contributed by atoms with Gasteiger partial charge in [-0.1, -0.05) is 17.7 Å². The zero-order valence-electron chi connectivity index (χ0n) is 11.8. The summed E-state index contributed by atoms with van der Waals surface area (Å²) in [5.41, 5.74) is 0.890. The number of nitrogens with zero attached hydrogens (tertiary/aromatic N) is 1. The molecule has 0 aromatic heterocycles. The largest absolute Gasteiger partial charge is 0.343 e. The van der Waals surface area contributed by atoms with E-state index in [-0.39, 0.29) is 22.8 Å². The lowest BCUT2D eigenvalue weighted by Gasteiger charge is -2.33. The first kappa shape index (κ1) is 15.3. The molecule has 0 aliphatic carbocycles. The Kier molecular flexibility index (Phi) is 5.00. The Morgan fingerprint density at radius 1 is 1.45 bits per heavy atom. The molecule has 110 valence electrons. The van der Waals surface area contributed by atoms with Crippen LogP contribution in [0.3, 0.4) is 0 Å². The third-order valence-corrected chi connectivity index (χ3v) is 4.18. The number of amides is 1. The maximum absolute atomic E-state index is 13.5. The molecular weight excluding hydrogens is 279 g/mol. The lowest BCUT2D eigenvalue weighted by atomic mass is 10.0. The molecule has 1 heterocycles. The van der Waals surface area contributed by atoms with E-state index in [2.05, 4.69) is 5.32 Å². The molecule has 1 aliphatic heterocycles. The monoisotopic (exact) mass is 298 g/mol. The summed E-state index contributed by atoms with van der Waals surface area (Å²) >= 11 is 5.69. The average molecular weight is 299 g/mol. The first-order valence-electron chi connectivity index (χ1n) is 6.94. The standard InChI is InChI=1S/C15H20ClFN2O/c1-10(12-3-4-14(16)15(17)9-12)18-13-5-7-19(8-6-13)11(2)20/h3-4,9-10,13,18H,5-8H2,1-2H3. The lowest BCUT2D eigenvalue weighted by Crippen LogP contribution is -2.44. The summed E-state index contributed by atoms with van der Waals surface area (Å²) in [6, 6.07) is 5.33. The molecule has 0 spiro atoms. The van der Waals surface area contributed by atoms with Crippen molar-refractivity contribution in [1.82, 2.24) is 10.2 Å². The predicted molar refractivity (Wildman–Crippen MR) is 78.2 cm³/mol. The van der Waals surface area contributed by atoms with E-state index >= 15 is 0 Å². The number of nitrogens with one attached hydrogen (secondary N) is 1. The Bertz CT molecular complexity index is 487. The topological polar surface area (TPSA) is 32.3 Å². The maximum atomic E-state index is 13.5. The van der Waals surface area contributed by atoms with Gasteiger partial charge in [-0.25, -0.2) is 4.39 Å². The van der Waals surface area contributed by atoms with E-state index in [1.54, 1.807) is 13.0 Å². The van der Waals surface area contributed by atoms with Gasteiger partial charge in [0.25, 0.3) is 0 Å². The van der Waals surface area contributed by atoms with Crippen molar-refractivity contribution in [3.05, 3.63) is 34.6 Å².